The quantitative estimate of drug-likeness (QED) is 0.535. The van der Waals surface area contributed by atoms with E-state index in [0.29, 0.717) is 0 Å². The third-order valence-corrected chi connectivity index (χ3v) is 4.11. The first-order chi connectivity index (χ1) is 10.0. The van der Waals surface area contributed by atoms with Gasteiger partial charge in [-0.25, -0.2) is 0 Å². The van der Waals surface area contributed by atoms with Gasteiger partial charge >= 0.3 is 0 Å². The van der Waals surface area contributed by atoms with Crippen LogP contribution in [0.4, 0.5) is 0 Å². The Labute approximate surface area is 123 Å². The van der Waals surface area contributed by atoms with Crippen molar-refractivity contribution in [2.24, 2.45) is 5.73 Å². The van der Waals surface area contributed by atoms with Gasteiger partial charge in [-0.05, 0) is 42.3 Å². The summed E-state index contributed by atoms with van der Waals surface area (Å²) in [5.74, 6) is 0. The Balaban J connectivity index is 2.14. The molecule has 0 bridgehead atoms. The third kappa shape index (κ3) is 1.83. The van der Waals surface area contributed by atoms with E-state index in [2.05, 4.69) is 48.5 Å². The summed E-state index contributed by atoms with van der Waals surface area (Å²) in [6, 6.07) is 18.8. The fraction of sp³-hybridized carbons (Fsp3) is 0.158. The van der Waals surface area contributed by atoms with Crippen molar-refractivity contribution < 1.29 is 4.42 Å². The Hall–Kier alpha value is -2.32. The Kier molecular flexibility index (Phi) is 2.42. The minimum Gasteiger partial charge on any atom is -0.456 e. The molecule has 0 radical (unpaired) electrons. The number of fused-ring (bicyclic) bond motifs is 5. The molecule has 2 nitrogen and oxygen atoms in total. The Morgan fingerprint density at radius 1 is 0.857 bits per heavy atom. The minimum absolute atomic E-state index is 0.366. The molecule has 1 aromatic heterocycles. The van der Waals surface area contributed by atoms with Gasteiger partial charge in [0, 0.05) is 16.3 Å². The number of hydrogen-bond donors (Lipinski definition) is 1. The monoisotopic (exact) mass is 275 g/mol. The van der Waals surface area contributed by atoms with E-state index in [1.807, 2.05) is 19.9 Å². The summed E-state index contributed by atoms with van der Waals surface area (Å²) in [4.78, 5) is 0. The molecule has 1 heterocycles. The van der Waals surface area contributed by atoms with Crippen molar-refractivity contribution in [1.29, 1.82) is 0 Å². The van der Waals surface area contributed by atoms with E-state index in [1.54, 1.807) is 0 Å². The predicted molar refractivity (Wildman–Crippen MR) is 88.4 cm³/mol. The summed E-state index contributed by atoms with van der Waals surface area (Å²) in [5, 5.41) is 4.80. The minimum atomic E-state index is -0.366. The van der Waals surface area contributed by atoms with Gasteiger partial charge in [0.1, 0.15) is 11.2 Å². The van der Waals surface area contributed by atoms with E-state index < -0.39 is 0 Å². The summed E-state index contributed by atoms with van der Waals surface area (Å²) in [7, 11) is 0. The first-order valence-electron chi connectivity index (χ1n) is 7.17. The molecule has 0 aliphatic heterocycles. The maximum absolute atomic E-state index is 6.19. The Morgan fingerprint density at radius 2 is 1.67 bits per heavy atom. The lowest BCUT2D eigenvalue weighted by Gasteiger charge is -2.18. The van der Waals surface area contributed by atoms with Crippen LogP contribution >= 0.6 is 0 Å². The van der Waals surface area contributed by atoms with Crippen molar-refractivity contribution in [3.8, 4) is 0 Å². The first-order valence-corrected chi connectivity index (χ1v) is 7.17. The molecule has 0 saturated heterocycles. The average Bonchev–Trinajstić information content (AvgIpc) is 2.84. The SMILES string of the molecule is CC(C)(N)c1ccc2c(c1)oc1ccc3ccccc3c12. The number of furan rings is 1. The molecule has 104 valence electrons. The molecule has 3 aromatic carbocycles. The molecule has 2 heteroatoms. The van der Waals surface area contributed by atoms with Crippen molar-refractivity contribution in [2.75, 3.05) is 0 Å². The van der Waals surface area contributed by atoms with Gasteiger partial charge in [0.05, 0.1) is 0 Å². The van der Waals surface area contributed by atoms with Crippen LogP contribution in [-0.2, 0) is 5.54 Å². The van der Waals surface area contributed by atoms with E-state index in [-0.39, 0.29) is 5.54 Å². The second-order valence-electron chi connectivity index (χ2n) is 6.19. The second-order valence-corrected chi connectivity index (χ2v) is 6.19. The molecular weight excluding hydrogens is 258 g/mol. The largest absolute Gasteiger partial charge is 0.456 e. The normalized spacial score (nSPS) is 12.5. The fourth-order valence-corrected chi connectivity index (χ4v) is 2.95. The van der Waals surface area contributed by atoms with E-state index in [1.165, 1.54) is 16.2 Å². The number of rotatable bonds is 1. The summed E-state index contributed by atoms with van der Waals surface area (Å²) in [6.45, 7) is 4.01. The molecule has 0 atom stereocenters. The van der Waals surface area contributed by atoms with Crippen LogP contribution in [0.25, 0.3) is 32.7 Å². The Morgan fingerprint density at radius 3 is 2.48 bits per heavy atom. The molecule has 21 heavy (non-hydrogen) atoms. The molecule has 0 fully saturated rings. The zero-order valence-electron chi connectivity index (χ0n) is 12.2. The van der Waals surface area contributed by atoms with Crippen molar-refractivity contribution in [1.82, 2.24) is 0 Å². The van der Waals surface area contributed by atoms with Crippen LogP contribution in [0, 0.1) is 0 Å². The molecular formula is C19H17NO. The van der Waals surface area contributed by atoms with E-state index in [0.717, 1.165) is 22.1 Å². The second kappa shape index (κ2) is 4.09. The number of hydrogen-bond acceptors (Lipinski definition) is 2. The topological polar surface area (TPSA) is 39.2 Å². The third-order valence-electron chi connectivity index (χ3n) is 4.11. The van der Waals surface area contributed by atoms with Crippen LogP contribution in [0.3, 0.4) is 0 Å². The molecule has 2 N–H and O–H groups in total. The molecule has 0 saturated carbocycles. The number of benzene rings is 3. The standard InChI is InChI=1S/C19H17NO/c1-19(2,20)13-8-9-15-17(11-13)21-16-10-7-12-5-3-4-6-14(12)18(15)16/h3-11H,20H2,1-2H3. The van der Waals surface area contributed by atoms with Crippen molar-refractivity contribution in [2.45, 2.75) is 19.4 Å². The zero-order chi connectivity index (χ0) is 14.6. The van der Waals surface area contributed by atoms with Gasteiger partial charge < -0.3 is 10.2 Å². The predicted octanol–water partition coefficient (Wildman–Crippen LogP) is 4.93. The molecule has 0 aliphatic rings. The van der Waals surface area contributed by atoms with Gasteiger partial charge in [0.15, 0.2) is 0 Å². The van der Waals surface area contributed by atoms with Gasteiger partial charge in [0.25, 0.3) is 0 Å². The highest BCUT2D eigenvalue weighted by Crippen LogP contribution is 2.35. The highest BCUT2D eigenvalue weighted by molar-refractivity contribution is 6.18. The van der Waals surface area contributed by atoms with Gasteiger partial charge in [-0.15, -0.1) is 0 Å². The van der Waals surface area contributed by atoms with Crippen LogP contribution in [-0.4, -0.2) is 0 Å². The maximum Gasteiger partial charge on any atom is 0.136 e. The molecule has 4 rings (SSSR count). The summed E-state index contributed by atoms with van der Waals surface area (Å²) >= 11 is 0. The first kappa shape index (κ1) is 12.4. The Bertz CT molecular complexity index is 973. The smallest absolute Gasteiger partial charge is 0.136 e. The van der Waals surface area contributed by atoms with Gasteiger partial charge in [-0.2, -0.15) is 0 Å². The molecule has 0 aliphatic carbocycles. The van der Waals surface area contributed by atoms with Crippen molar-refractivity contribution in [3.63, 3.8) is 0 Å². The zero-order valence-corrected chi connectivity index (χ0v) is 12.2. The van der Waals surface area contributed by atoms with E-state index in [4.69, 9.17) is 10.2 Å². The highest BCUT2D eigenvalue weighted by Gasteiger charge is 2.17. The van der Waals surface area contributed by atoms with Crippen LogP contribution in [0.5, 0.6) is 0 Å². The fourth-order valence-electron chi connectivity index (χ4n) is 2.95. The lowest BCUT2D eigenvalue weighted by molar-refractivity contribution is 0.553. The molecule has 4 aromatic rings. The van der Waals surface area contributed by atoms with E-state index >= 15 is 0 Å². The van der Waals surface area contributed by atoms with Gasteiger partial charge in [-0.1, -0.05) is 42.5 Å². The maximum atomic E-state index is 6.19. The summed E-state index contributed by atoms with van der Waals surface area (Å²) < 4.78 is 6.04. The van der Waals surface area contributed by atoms with Crippen LogP contribution in [0.1, 0.15) is 19.4 Å². The molecule has 0 unspecified atom stereocenters. The van der Waals surface area contributed by atoms with Gasteiger partial charge in [-0.3, -0.25) is 0 Å². The lowest BCUT2D eigenvalue weighted by atomic mass is 9.94. The van der Waals surface area contributed by atoms with Crippen LogP contribution in [0.15, 0.2) is 59.0 Å². The summed E-state index contributed by atoms with van der Waals surface area (Å²) in [6.07, 6.45) is 0. The van der Waals surface area contributed by atoms with Crippen LogP contribution in [0.2, 0.25) is 0 Å². The molecule has 0 spiro atoms. The van der Waals surface area contributed by atoms with Crippen molar-refractivity contribution >= 4 is 32.7 Å². The van der Waals surface area contributed by atoms with Crippen molar-refractivity contribution in [3.05, 3.63) is 60.2 Å². The highest BCUT2D eigenvalue weighted by atomic mass is 16.3. The van der Waals surface area contributed by atoms with E-state index in [9.17, 15) is 0 Å². The average molecular weight is 275 g/mol. The van der Waals surface area contributed by atoms with Crippen LogP contribution < -0.4 is 5.73 Å². The summed E-state index contributed by atoms with van der Waals surface area (Å²) in [5.41, 5.74) is 8.73. The van der Waals surface area contributed by atoms with Gasteiger partial charge in [0.2, 0.25) is 0 Å². The lowest BCUT2D eigenvalue weighted by Crippen LogP contribution is -2.28. The molecule has 0 amide bonds. The number of nitrogens with two attached hydrogens (primary N) is 1.